The number of benzene rings is 2. The molecule has 0 unspecified atom stereocenters. The highest BCUT2D eigenvalue weighted by atomic mass is 79.9. The highest BCUT2D eigenvalue weighted by Crippen LogP contribution is 2.37. The Morgan fingerprint density at radius 2 is 1.66 bits per heavy atom. The van der Waals surface area contributed by atoms with E-state index in [0.717, 1.165) is 20.6 Å². The van der Waals surface area contributed by atoms with E-state index in [1.54, 1.807) is 30.0 Å². The molecule has 1 saturated heterocycles. The number of pyridine rings is 1. The number of aromatic nitrogens is 1. The molecule has 0 N–H and O–H groups in total. The van der Waals surface area contributed by atoms with Gasteiger partial charge in [0.15, 0.2) is 0 Å². The lowest BCUT2D eigenvalue weighted by Gasteiger charge is -2.31. The first-order valence-electron chi connectivity index (χ1n) is 9.96. The van der Waals surface area contributed by atoms with Gasteiger partial charge in [-0.15, -0.1) is 0 Å². The molecule has 0 radical (unpaired) electrons. The van der Waals surface area contributed by atoms with Gasteiger partial charge >= 0.3 is 6.03 Å². The molecule has 1 aliphatic rings. The van der Waals surface area contributed by atoms with E-state index < -0.39 is 11.6 Å². The van der Waals surface area contributed by atoms with Crippen LogP contribution in [0.15, 0.2) is 65.1 Å². The van der Waals surface area contributed by atoms with Gasteiger partial charge in [-0.2, -0.15) is 0 Å². The number of halogens is 3. The first-order valence-corrected chi connectivity index (χ1v) is 11.5. The number of aryl methyl sites for hydroxylation is 1. The molecular weight excluding hydrogens is 513 g/mol. The zero-order valence-corrected chi connectivity index (χ0v) is 20.6. The lowest BCUT2D eigenvalue weighted by Crippen LogP contribution is -2.48. The van der Waals surface area contributed by atoms with Crippen LogP contribution in [0.4, 0.5) is 10.5 Å². The zero-order valence-electron chi connectivity index (χ0n) is 17.5. The Bertz CT molecular complexity index is 1180. The van der Waals surface area contributed by atoms with Gasteiger partial charge in [0.2, 0.25) is 0 Å². The lowest BCUT2D eigenvalue weighted by atomic mass is 9.91. The third kappa shape index (κ3) is 4.40. The molecule has 4 rings (SSSR count). The van der Waals surface area contributed by atoms with E-state index in [2.05, 4.69) is 20.9 Å². The smallest absolute Gasteiger partial charge is 0.303 e. The first-order chi connectivity index (χ1) is 15.2. The molecule has 164 valence electrons. The second kappa shape index (κ2) is 8.85. The fraction of sp³-hybridized carbons (Fsp3) is 0.208. The van der Waals surface area contributed by atoms with Crippen molar-refractivity contribution in [3.8, 4) is 0 Å². The molecular formula is C24H20BrCl2N3O2. The van der Waals surface area contributed by atoms with Crippen molar-refractivity contribution < 1.29 is 9.59 Å². The lowest BCUT2D eigenvalue weighted by molar-refractivity contribution is -0.124. The van der Waals surface area contributed by atoms with E-state index in [1.165, 1.54) is 0 Å². The normalized spacial score (nSPS) is 18.5. The van der Waals surface area contributed by atoms with Crippen LogP contribution in [0, 0.1) is 6.92 Å². The summed E-state index contributed by atoms with van der Waals surface area (Å²) in [5.74, 6) is -0.337. The summed E-state index contributed by atoms with van der Waals surface area (Å²) in [6.45, 7) is 3.88. The molecule has 1 atom stereocenters. The Morgan fingerprint density at radius 3 is 2.28 bits per heavy atom. The van der Waals surface area contributed by atoms with Gasteiger partial charge in [-0.25, -0.2) is 9.69 Å². The first kappa shape index (κ1) is 22.8. The average molecular weight is 533 g/mol. The van der Waals surface area contributed by atoms with Crippen LogP contribution >= 0.6 is 39.1 Å². The predicted octanol–water partition coefficient (Wildman–Crippen LogP) is 6.43. The molecule has 5 nitrogen and oxygen atoms in total. The van der Waals surface area contributed by atoms with Crippen LogP contribution < -0.4 is 4.90 Å². The van der Waals surface area contributed by atoms with Crippen molar-refractivity contribution in [2.45, 2.75) is 32.4 Å². The van der Waals surface area contributed by atoms with Crippen molar-refractivity contribution in [1.29, 1.82) is 0 Å². The van der Waals surface area contributed by atoms with Gasteiger partial charge in [-0.1, -0.05) is 57.3 Å². The fourth-order valence-electron chi connectivity index (χ4n) is 3.93. The number of hydrogen-bond acceptors (Lipinski definition) is 3. The number of anilines is 1. The highest BCUT2D eigenvalue weighted by molar-refractivity contribution is 9.10. The van der Waals surface area contributed by atoms with Crippen molar-refractivity contribution in [3.05, 3.63) is 92.1 Å². The Balaban J connectivity index is 1.78. The minimum absolute atomic E-state index is 0.198. The summed E-state index contributed by atoms with van der Waals surface area (Å²) < 4.78 is 0.941. The third-order valence-electron chi connectivity index (χ3n) is 5.51. The number of urea groups is 1. The second-order valence-corrected chi connectivity index (χ2v) is 9.77. The van der Waals surface area contributed by atoms with Crippen molar-refractivity contribution in [2.24, 2.45) is 0 Å². The van der Waals surface area contributed by atoms with Gasteiger partial charge in [0.05, 0.1) is 17.9 Å². The summed E-state index contributed by atoms with van der Waals surface area (Å²) in [6.07, 6.45) is 0.349. The van der Waals surface area contributed by atoms with Gasteiger partial charge in [0, 0.05) is 26.6 Å². The molecule has 1 aliphatic heterocycles. The maximum Gasteiger partial charge on any atom is 0.332 e. The van der Waals surface area contributed by atoms with Gasteiger partial charge in [-0.05, 0) is 61.9 Å². The molecule has 32 heavy (non-hydrogen) atoms. The molecule has 1 aromatic heterocycles. The van der Waals surface area contributed by atoms with E-state index in [0.29, 0.717) is 27.8 Å². The molecule has 1 fully saturated rings. The summed E-state index contributed by atoms with van der Waals surface area (Å²) in [5, 5.41) is 0.697. The highest BCUT2D eigenvalue weighted by Gasteiger charge is 2.54. The summed E-state index contributed by atoms with van der Waals surface area (Å²) in [7, 11) is 0. The largest absolute Gasteiger partial charge is 0.332 e. The van der Waals surface area contributed by atoms with Gasteiger partial charge in [0.1, 0.15) is 5.54 Å². The van der Waals surface area contributed by atoms with E-state index >= 15 is 0 Å². The minimum atomic E-state index is -1.12. The topological polar surface area (TPSA) is 53.5 Å². The molecule has 3 aromatic rings. The van der Waals surface area contributed by atoms with Crippen molar-refractivity contribution in [2.75, 3.05) is 4.90 Å². The van der Waals surface area contributed by atoms with Crippen molar-refractivity contribution in [3.63, 3.8) is 0 Å². The summed E-state index contributed by atoms with van der Waals surface area (Å²) in [6, 6.07) is 17.6. The van der Waals surface area contributed by atoms with Crippen LogP contribution in [0.5, 0.6) is 0 Å². The predicted molar refractivity (Wildman–Crippen MR) is 130 cm³/mol. The number of carbonyl (C=O) groups excluding carboxylic acids is 2. The van der Waals surface area contributed by atoms with E-state index in [-0.39, 0.29) is 12.5 Å². The monoisotopic (exact) mass is 531 g/mol. The van der Waals surface area contributed by atoms with Crippen LogP contribution in [0.25, 0.3) is 0 Å². The molecule has 2 heterocycles. The number of rotatable bonds is 5. The van der Waals surface area contributed by atoms with Crippen LogP contribution in [-0.2, 0) is 17.8 Å². The standard InChI is InChI=1S/C24H20BrCl2N3O2/c1-15-4-3-5-20(28-15)14-29-23(32)30(21-11-18(26)10-19(27)12-21)22(31)24(29,2)13-16-6-8-17(25)9-7-16/h3-12H,13-14H2,1-2H3/t24-/m1/s1. The Hall–Kier alpha value is -2.41. The van der Waals surface area contributed by atoms with E-state index in [9.17, 15) is 9.59 Å². The molecule has 0 spiro atoms. The SMILES string of the molecule is Cc1cccc(CN2C(=O)N(c3cc(Cl)cc(Cl)c3)C(=O)[C@@]2(C)Cc2ccc(Br)cc2)n1. The van der Waals surface area contributed by atoms with Crippen molar-refractivity contribution in [1.82, 2.24) is 9.88 Å². The molecule has 8 heteroatoms. The minimum Gasteiger partial charge on any atom is -0.303 e. The number of nitrogens with zero attached hydrogens (tertiary/aromatic N) is 3. The fourth-order valence-corrected chi connectivity index (χ4v) is 4.71. The third-order valence-corrected chi connectivity index (χ3v) is 6.48. The van der Waals surface area contributed by atoms with Gasteiger partial charge < -0.3 is 4.90 Å². The molecule has 3 amide bonds. The Kier molecular flexibility index (Phi) is 6.30. The van der Waals surface area contributed by atoms with Crippen LogP contribution in [0.3, 0.4) is 0 Å². The molecule has 0 saturated carbocycles. The quantitative estimate of drug-likeness (QED) is 0.356. The van der Waals surface area contributed by atoms with Crippen molar-refractivity contribution >= 4 is 56.8 Å². The summed E-state index contributed by atoms with van der Waals surface area (Å²) >= 11 is 15.8. The summed E-state index contributed by atoms with van der Waals surface area (Å²) in [5.41, 5.74) is 1.71. The van der Waals surface area contributed by atoms with E-state index in [4.69, 9.17) is 23.2 Å². The summed E-state index contributed by atoms with van der Waals surface area (Å²) in [4.78, 5) is 34.6. The Morgan fingerprint density at radius 1 is 1.00 bits per heavy atom. The molecule has 0 aliphatic carbocycles. The van der Waals surface area contributed by atoms with Crippen LogP contribution in [-0.4, -0.2) is 27.4 Å². The molecule has 2 aromatic carbocycles. The number of carbonyl (C=O) groups is 2. The average Bonchev–Trinajstić information content (AvgIpc) is 2.90. The van der Waals surface area contributed by atoms with Gasteiger partial charge in [0.25, 0.3) is 5.91 Å². The zero-order chi connectivity index (χ0) is 23.0. The van der Waals surface area contributed by atoms with E-state index in [1.807, 2.05) is 49.4 Å². The van der Waals surface area contributed by atoms with Gasteiger partial charge in [-0.3, -0.25) is 9.78 Å². The van der Waals surface area contributed by atoms with Crippen LogP contribution in [0.2, 0.25) is 10.0 Å². The number of hydrogen-bond donors (Lipinski definition) is 0. The second-order valence-electron chi connectivity index (χ2n) is 7.98. The number of imide groups is 1. The maximum atomic E-state index is 13.7. The molecule has 0 bridgehead atoms. The Labute approximate surface area is 205 Å². The number of amides is 3. The maximum absolute atomic E-state index is 13.7. The van der Waals surface area contributed by atoms with Crippen LogP contribution in [0.1, 0.15) is 23.9 Å².